The molecule has 0 aromatic carbocycles. The molecule has 1 aliphatic heterocycles. The summed E-state index contributed by atoms with van der Waals surface area (Å²) >= 11 is 0. The van der Waals surface area contributed by atoms with Crippen LogP contribution in [-0.4, -0.2) is 66.4 Å². The minimum absolute atomic E-state index is 0.204. The Bertz CT molecular complexity index is 671. The number of amides is 2. The molecule has 1 N–H and O–H groups in total. The summed E-state index contributed by atoms with van der Waals surface area (Å²) in [5.41, 5.74) is -1.52. The standard InChI is InChI=1S/C23H40N2O6/c1-10-12-16-14-17(20(27)29-8)25(21(28)31-22(4,5)6)18(16)19(24-15(3)26)23(7,30-9)13-11-2/h10,12,16-19H,11,13-14H2,1-9H3,(H,24,26)/b12-10-/t16-,17-,18-,19-,23+/m1/s1. The highest BCUT2D eigenvalue weighted by atomic mass is 16.6. The second kappa shape index (κ2) is 11.0. The smallest absolute Gasteiger partial charge is 0.411 e. The molecule has 178 valence electrons. The Morgan fingerprint density at radius 3 is 2.23 bits per heavy atom. The van der Waals surface area contributed by atoms with E-state index in [4.69, 9.17) is 14.2 Å². The van der Waals surface area contributed by atoms with Gasteiger partial charge in [0.2, 0.25) is 5.91 Å². The van der Waals surface area contributed by atoms with Crippen LogP contribution >= 0.6 is 0 Å². The Balaban J connectivity index is 3.66. The van der Waals surface area contributed by atoms with Crippen molar-refractivity contribution in [2.24, 2.45) is 5.92 Å². The zero-order chi connectivity index (χ0) is 24.0. The molecule has 8 heteroatoms. The fourth-order valence-corrected chi connectivity index (χ4v) is 4.38. The van der Waals surface area contributed by atoms with Gasteiger partial charge in [0.15, 0.2) is 0 Å². The van der Waals surface area contributed by atoms with E-state index in [2.05, 4.69) is 5.32 Å². The molecule has 0 aliphatic carbocycles. The number of allylic oxidation sites excluding steroid dienone is 1. The van der Waals surface area contributed by atoms with E-state index in [0.717, 1.165) is 6.42 Å². The zero-order valence-electron chi connectivity index (χ0n) is 20.5. The first-order valence-electron chi connectivity index (χ1n) is 10.9. The van der Waals surface area contributed by atoms with Crippen LogP contribution in [0, 0.1) is 5.92 Å². The van der Waals surface area contributed by atoms with Gasteiger partial charge >= 0.3 is 12.1 Å². The molecule has 1 rings (SSSR count). The van der Waals surface area contributed by atoms with Crippen LogP contribution in [0.2, 0.25) is 0 Å². The van der Waals surface area contributed by atoms with Gasteiger partial charge in [-0.1, -0.05) is 25.5 Å². The molecule has 0 aromatic rings. The molecule has 5 atom stereocenters. The molecule has 0 bridgehead atoms. The number of rotatable bonds is 8. The first-order valence-corrected chi connectivity index (χ1v) is 10.9. The summed E-state index contributed by atoms with van der Waals surface area (Å²) in [6.45, 7) is 12.6. The van der Waals surface area contributed by atoms with Crippen molar-refractivity contribution in [3.05, 3.63) is 12.2 Å². The number of hydrogen-bond donors (Lipinski definition) is 1. The van der Waals surface area contributed by atoms with Crippen molar-refractivity contribution in [3.63, 3.8) is 0 Å². The average molecular weight is 441 g/mol. The number of esters is 1. The van der Waals surface area contributed by atoms with Gasteiger partial charge < -0.3 is 19.5 Å². The lowest BCUT2D eigenvalue weighted by Crippen LogP contribution is -2.64. The molecule has 1 fully saturated rings. The van der Waals surface area contributed by atoms with Gasteiger partial charge in [-0.25, -0.2) is 9.59 Å². The van der Waals surface area contributed by atoms with E-state index in [1.165, 1.54) is 18.9 Å². The van der Waals surface area contributed by atoms with E-state index in [9.17, 15) is 14.4 Å². The van der Waals surface area contributed by atoms with Crippen molar-refractivity contribution in [2.45, 2.75) is 97.1 Å². The molecule has 0 spiro atoms. The third kappa shape index (κ3) is 6.69. The van der Waals surface area contributed by atoms with E-state index in [-0.39, 0.29) is 11.8 Å². The number of carbonyl (C=O) groups is 3. The van der Waals surface area contributed by atoms with Gasteiger partial charge in [0, 0.05) is 20.0 Å². The van der Waals surface area contributed by atoms with Gasteiger partial charge in [-0.2, -0.15) is 0 Å². The maximum absolute atomic E-state index is 13.3. The number of ether oxygens (including phenoxy) is 3. The molecule has 31 heavy (non-hydrogen) atoms. The first-order chi connectivity index (χ1) is 14.3. The lowest BCUT2D eigenvalue weighted by molar-refractivity contribution is -0.147. The molecule has 8 nitrogen and oxygen atoms in total. The average Bonchev–Trinajstić information content (AvgIpc) is 3.03. The maximum atomic E-state index is 13.3. The summed E-state index contributed by atoms with van der Waals surface area (Å²) in [6.07, 6.45) is 5.06. The van der Waals surface area contributed by atoms with Gasteiger partial charge in [-0.15, -0.1) is 0 Å². The fourth-order valence-electron chi connectivity index (χ4n) is 4.38. The molecule has 2 amide bonds. The Hall–Kier alpha value is -2.09. The summed E-state index contributed by atoms with van der Waals surface area (Å²) in [4.78, 5) is 39.6. The summed E-state index contributed by atoms with van der Waals surface area (Å²) in [5.74, 6) is -0.960. The van der Waals surface area contributed by atoms with Crippen LogP contribution < -0.4 is 5.32 Å². The van der Waals surface area contributed by atoms with Crippen LogP contribution in [0.4, 0.5) is 4.79 Å². The van der Waals surface area contributed by atoms with Crippen LogP contribution in [0.1, 0.15) is 67.7 Å². The molecule has 0 radical (unpaired) electrons. The van der Waals surface area contributed by atoms with E-state index in [1.807, 2.05) is 32.9 Å². The summed E-state index contributed by atoms with van der Waals surface area (Å²) in [6, 6.07) is -1.96. The van der Waals surface area contributed by atoms with Crippen LogP contribution in [0.3, 0.4) is 0 Å². The predicted molar refractivity (Wildman–Crippen MR) is 119 cm³/mol. The normalized spacial score (nSPS) is 24.5. The van der Waals surface area contributed by atoms with Gasteiger partial charge in [0.25, 0.3) is 0 Å². The Morgan fingerprint density at radius 1 is 1.19 bits per heavy atom. The Labute approximate surface area is 186 Å². The van der Waals surface area contributed by atoms with Crippen LogP contribution in [-0.2, 0) is 23.8 Å². The summed E-state index contributed by atoms with van der Waals surface area (Å²) in [7, 11) is 2.90. The van der Waals surface area contributed by atoms with Gasteiger partial charge in [-0.3, -0.25) is 9.69 Å². The van der Waals surface area contributed by atoms with Gasteiger partial charge in [-0.05, 0) is 47.5 Å². The maximum Gasteiger partial charge on any atom is 0.411 e. The van der Waals surface area contributed by atoms with Gasteiger partial charge in [0.1, 0.15) is 11.6 Å². The second-order valence-corrected chi connectivity index (χ2v) is 9.29. The molecule has 1 heterocycles. The van der Waals surface area contributed by atoms with E-state index in [1.54, 1.807) is 27.9 Å². The summed E-state index contributed by atoms with van der Waals surface area (Å²) < 4.78 is 16.6. The largest absolute Gasteiger partial charge is 0.467 e. The SMILES string of the molecule is C/C=C\[C@@H]1C[C@H](C(=O)OC)N(C(=O)OC(C)(C)C)[C@H]1[C@@H](NC(C)=O)[C@](C)(CCC)OC. The topological polar surface area (TPSA) is 94.2 Å². The molecule has 0 unspecified atom stereocenters. The van der Waals surface area contributed by atoms with Crippen LogP contribution in [0.5, 0.6) is 0 Å². The molecular formula is C23H40N2O6. The molecular weight excluding hydrogens is 400 g/mol. The van der Waals surface area contributed by atoms with E-state index in [0.29, 0.717) is 12.8 Å². The van der Waals surface area contributed by atoms with Crippen LogP contribution in [0.25, 0.3) is 0 Å². The lowest BCUT2D eigenvalue weighted by Gasteiger charge is -2.45. The number of nitrogens with one attached hydrogen (secondary N) is 1. The van der Waals surface area contributed by atoms with Crippen molar-refractivity contribution < 1.29 is 28.6 Å². The molecule has 1 saturated heterocycles. The van der Waals surface area contributed by atoms with Crippen molar-refractivity contribution in [3.8, 4) is 0 Å². The highest BCUT2D eigenvalue weighted by Crippen LogP contribution is 2.39. The molecule has 1 aliphatic rings. The van der Waals surface area contributed by atoms with Crippen molar-refractivity contribution in [1.82, 2.24) is 10.2 Å². The highest BCUT2D eigenvalue weighted by Gasteiger charge is 2.55. The minimum Gasteiger partial charge on any atom is -0.467 e. The number of nitrogens with zero attached hydrogens (tertiary/aromatic N) is 1. The zero-order valence-corrected chi connectivity index (χ0v) is 20.5. The molecule has 0 aromatic heterocycles. The number of carbonyl (C=O) groups excluding carboxylic acids is 3. The quantitative estimate of drug-likeness (QED) is 0.459. The second-order valence-electron chi connectivity index (χ2n) is 9.29. The third-order valence-corrected chi connectivity index (χ3v) is 5.68. The minimum atomic E-state index is -0.829. The monoisotopic (exact) mass is 440 g/mol. The third-order valence-electron chi connectivity index (χ3n) is 5.68. The summed E-state index contributed by atoms with van der Waals surface area (Å²) in [5, 5.41) is 3.01. The van der Waals surface area contributed by atoms with E-state index < -0.39 is 41.4 Å². The number of hydrogen-bond acceptors (Lipinski definition) is 6. The van der Waals surface area contributed by atoms with Crippen molar-refractivity contribution in [2.75, 3.05) is 14.2 Å². The van der Waals surface area contributed by atoms with Crippen LogP contribution in [0.15, 0.2) is 12.2 Å². The molecule has 0 saturated carbocycles. The number of methoxy groups -OCH3 is 2. The highest BCUT2D eigenvalue weighted by molar-refractivity contribution is 5.83. The van der Waals surface area contributed by atoms with E-state index >= 15 is 0 Å². The predicted octanol–water partition coefficient (Wildman–Crippen LogP) is 3.44. The number of likely N-dealkylation sites (tertiary alicyclic amines) is 1. The lowest BCUT2D eigenvalue weighted by atomic mass is 9.81. The Kier molecular flexibility index (Phi) is 9.54. The van der Waals surface area contributed by atoms with Gasteiger partial charge in [0.05, 0.1) is 24.8 Å². The van der Waals surface area contributed by atoms with Crippen molar-refractivity contribution in [1.29, 1.82) is 0 Å². The Morgan fingerprint density at radius 2 is 1.81 bits per heavy atom. The van der Waals surface area contributed by atoms with Crippen molar-refractivity contribution >= 4 is 18.0 Å². The fraction of sp³-hybridized carbons (Fsp3) is 0.783. The first kappa shape index (κ1) is 26.9.